The average Bonchev–Trinajstić information content (AvgIpc) is 2.36. The topological polar surface area (TPSA) is 58.2 Å². The number of carbonyl (C=O) groups is 2. The van der Waals surface area contributed by atoms with Gasteiger partial charge in [-0.2, -0.15) is 0 Å². The summed E-state index contributed by atoms with van der Waals surface area (Å²) >= 11 is 6.20. The summed E-state index contributed by atoms with van der Waals surface area (Å²) in [4.78, 5) is 22.7. The van der Waals surface area contributed by atoms with E-state index in [1.165, 1.54) is 5.56 Å². The number of piperidine rings is 1. The number of carbonyl (C=O) groups excluding carboxylic acids is 2. The Hall–Kier alpha value is -1.55. The first-order valence-electron chi connectivity index (χ1n) is 6.49. The molecule has 1 heterocycles. The third kappa shape index (κ3) is 3.47. The van der Waals surface area contributed by atoms with Crippen LogP contribution in [-0.2, 0) is 16.0 Å². The number of anilines is 1. The van der Waals surface area contributed by atoms with E-state index in [1.54, 1.807) is 0 Å². The van der Waals surface area contributed by atoms with E-state index in [-0.39, 0.29) is 11.8 Å². The van der Waals surface area contributed by atoms with Gasteiger partial charge in [-0.05, 0) is 30.5 Å². The minimum atomic E-state index is -0.396. The number of rotatable bonds is 4. The van der Waals surface area contributed by atoms with Gasteiger partial charge in [-0.3, -0.25) is 14.9 Å². The molecule has 0 bridgehead atoms. The summed E-state index contributed by atoms with van der Waals surface area (Å²) in [6.07, 6.45) is 2.90. The highest BCUT2D eigenvalue weighted by molar-refractivity contribution is 6.33. The normalized spacial score (nSPS) is 19.2. The first kappa shape index (κ1) is 13.9. The molecule has 4 nitrogen and oxygen atoms in total. The molecule has 2 rings (SSSR count). The van der Waals surface area contributed by atoms with Crippen LogP contribution in [-0.4, -0.2) is 17.9 Å². The molecule has 0 radical (unpaired) electrons. The quantitative estimate of drug-likeness (QED) is 0.833. The number of aryl methyl sites for hydroxylation is 1. The van der Waals surface area contributed by atoms with Crippen molar-refractivity contribution in [2.75, 3.05) is 5.32 Å². The number of hydrogen-bond donors (Lipinski definition) is 2. The number of amides is 2. The van der Waals surface area contributed by atoms with Crippen LogP contribution in [0.25, 0.3) is 0 Å². The van der Waals surface area contributed by atoms with Crippen LogP contribution in [0.4, 0.5) is 5.69 Å². The first-order valence-corrected chi connectivity index (χ1v) is 6.86. The van der Waals surface area contributed by atoms with E-state index in [0.29, 0.717) is 17.9 Å². The molecule has 1 atom stereocenters. The van der Waals surface area contributed by atoms with Gasteiger partial charge in [0.15, 0.2) is 0 Å². The molecular formula is C14H17ClN2O2. The monoisotopic (exact) mass is 280 g/mol. The maximum absolute atomic E-state index is 11.7. The van der Waals surface area contributed by atoms with E-state index >= 15 is 0 Å². The fourth-order valence-electron chi connectivity index (χ4n) is 2.14. The molecule has 19 heavy (non-hydrogen) atoms. The van der Waals surface area contributed by atoms with Crippen molar-refractivity contribution >= 4 is 29.1 Å². The second-order valence-electron chi connectivity index (χ2n) is 4.71. The Morgan fingerprint density at radius 1 is 1.42 bits per heavy atom. The molecule has 0 aliphatic carbocycles. The van der Waals surface area contributed by atoms with Crippen LogP contribution in [0.2, 0.25) is 5.02 Å². The van der Waals surface area contributed by atoms with Crippen molar-refractivity contribution in [2.24, 2.45) is 0 Å². The molecule has 0 spiro atoms. The summed E-state index contributed by atoms with van der Waals surface area (Å²) in [5.41, 5.74) is 1.91. The SMILES string of the molecule is CCCc1ccc(NC2CCC(=O)NC2=O)c(Cl)c1. The lowest BCUT2D eigenvalue weighted by Gasteiger charge is -2.23. The van der Waals surface area contributed by atoms with Crippen LogP contribution in [0.5, 0.6) is 0 Å². The Bertz CT molecular complexity index is 502. The van der Waals surface area contributed by atoms with Gasteiger partial charge in [0.2, 0.25) is 11.8 Å². The minimum absolute atomic E-state index is 0.215. The Labute approximate surface area is 117 Å². The van der Waals surface area contributed by atoms with Crippen molar-refractivity contribution in [3.05, 3.63) is 28.8 Å². The maximum atomic E-state index is 11.7. The zero-order chi connectivity index (χ0) is 13.8. The van der Waals surface area contributed by atoms with E-state index in [0.717, 1.165) is 18.5 Å². The predicted molar refractivity (Wildman–Crippen MR) is 75.2 cm³/mol. The number of benzene rings is 1. The zero-order valence-corrected chi connectivity index (χ0v) is 11.6. The Morgan fingerprint density at radius 3 is 2.84 bits per heavy atom. The van der Waals surface area contributed by atoms with Gasteiger partial charge in [-0.15, -0.1) is 0 Å². The lowest BCUT2D eigenvalue weighted by Crippen LogP contribution is -2.47. The van der Waals surface area contributed by atoms with Gasteiger partial charge < -0.3 is 5.32 Å². The summed E-state index contributed by atoms with van der Waals surface area (Å²) in [6.45, 7) is 2.11. The summed E-state index contributed by atoms with van der Waals surface area (Å²) in [5.74, 6) is -0.502. The van der Waals surface area contributed by atoms with Crippen LogP contribution in [0.15, 0.2) is 18.2 Å². The van der Waals surface area contributed by atoms with Crippen LogP contribution in [0, 0.1) is 0 Å². The first-order chi connectivity index (χ1) is 9.10. The minimum Gasteiger partial charge on any atom is -0.372 e. The summed E-state index contributed by atoms with van der Waals surface area (Å²) in [6, 6.07) is 5.41. The van der Waals surface area contributed by atoms with Gasteiger partial charge in [0, 0.05) is 6.42 Å². The van der Waals surface area contributed by atoms with Crippen LogP contribution in [0.1, 0.15) is 31.7 Å². The fraction of sp³-hybridized carbons (Fsp3) is 0.429. The highest BCUT2D eigenvalue weighted by Gasteiger charge is 2.26. The smallest absolute Gasteiger partial charge is 0.249 e. The molecule has 1 saturated heterocycles. The van der Waals surface area contributed by atoms with E-state index in [4.69, 9.17) is 11.6 Å². The maximum Gasteiger partial charge on any atom is 0.249 e. The van der Waals surface area contributed by atoms with Gasteiger partial charge in [-0.25, -0.2) is 0 Å². The molecule has 2 amide bonds. The molecule has 1 fully saturated rings. The van der Waals surface area contributed by atoms with Crippen molar-refractivity contribution in [2.45, 2.75) is 38.6 Å². The highest BCUT2D eigenvalue weighted by Crippen LogP contribution is 2.25. The third-order valence-electron chi connectivity index (χ3n) is 3.14. The van der Waals surface area contributed by atoms with E-state index < -0.39 is 6.04 Å². The molecule has 5 heteroatoms. The molecule has 1 aliphatic rings. The molecule has 1 aromatic rings. The third-order valence-corrected chi connectivity index (χ3v) is 3.45. The molecule has 1 aromatic carbocycles. The molecule has 102 valence electrons. The number of hydrogen-bond acceptors (Lipinski definition) is 3. The molecule has 2 N–H and O–H groups in total. The van der Waals surface area contributed by atoms with Crippen LogP contribution in [0.3, 0.4) is 0 Å². The molecule has 0 saturated carbocycles. The van der Waals surface area contributed by atoms with Crippen molar-refractivity contribution in [3.63, 3.8) is 0 Å². The van der Waals surface area contributed by atoms with Crippen molar-refractivity contribution < 1.29 is 9.59 Å². The van der Waals surface area contributed by atoms with Crippen LogP contribution >= 0.6 is 11.6 Å². The van der Waals surface area contributed by atoms with Crippen molar-refractivity contribution in [3.8, 4) is 0 Å². The van der Waals surface area contributed by atoms with Gasteiger partial charge in [0.05, 0.1) is 10.7 Å². The summed E-state index contributed by atoms with van der Waals surface area (Å²) in [7, 11) is 0. The number of imide groups is 1. The number of halogens is 1. The Balaban J connectivity index is 2.06. The molecule has 0 aromatic heterocycles. The van der Waals surface area contributed by atoms with E-state index in [2.05, 4.69) is 17.6 Å². The molecular weight excluding hydrogens is 264 g/mol. The van der Waals surface area contributed by atoms with Crippen LogP contribution < -0.4 is 10.6 Å². The lowest BCUT2D eigenvalue weighted by atomic mass is 10.1. The standard InChI is InChI=1S/C14H17ClN2O2/c1-2-3-9-4-5-11(10(15)8-9)16-12-6-7-13(18)17-14(12)19/h4-5,8,12,16H,2-3,6-7H2,1H3,(H,17,18,19). The summed E-state index contributed by atoms with van der Waals surface area (Å²) < 4.78 is 0. The van der Waals surface area contributed by atoms with Gasteiger partial charge >= 0.3 is 0 Å². The second-order valence-corrected chi connectivity index (χ2v) is 5.12. The predicted octanol–water partition coefficient (Wildman–Crippen LogP) is 2.51. The van der Waals surface area contributed by atoms with Gasteiger partial charge in [0.25, 0.3) is 0 Å². The Morgan fingerprint density at radius 2 is 2.21 bits per heavy atom. The van der Waals surface area contributed by atoms with E-state index in [1.807, 2.05) is 18.2 Å². The molecule has 1 unspecified atom stereocenters. The average molecular weight is 281 g/mol. The van der Waals surface area contributed by atoms with Crippen molar-refractivity contribution in [1.82, 2.24) is 5.32 Å². The summed E-state index contributed by atoms with van der Waals surface area (Å²) in [5, 5.41) is 6.02. The number of nitrogens with one attached hydrogen (secondary N) is 2. The fourth-order valence-corrected chi connectivity index (χ4v) is 2.40. The highest BCUT2D eigenvalue weighted by atomic mass is 35.5. The zero-order valence-electron chi connectivity index (χ0n) is 10.8. The van der Waals surface area contributed by atoms with E-state index in [9.17, 15) is 9.59 Å². The largest absolute Gasteiger partial charge is 0.372 e. The van der Waals surface area contributed by atoms with Crippen molar-refractivity contribution in [1.29, 1.82) is 0 Å². The second kappa shape index (κ2) is 6.06. The van der Waals surface area contributed by atoms with Gasteiger partial charge in [0.1, 0.15) is 6.04 Å². The Kier molecular flexibility index (Phi) is 4.43. The van der Waals surface area contributed by atoms with Gasteiger partial charge in [-0.1, -0.05) is 31.0 Å². The molecule has 1 aliphatic heterocycles. The lowest BCUT2D eigenvalue weighted by molar-refractivity contribution is -0.133.